The Labute approximate surface area is 195 Å². The number of sulfonamides is 2. The highest BCUT2D eigenvalue weighted by Crippen LogP contribution is 2.46. The van der Waals surface area contributed by atoms with E-state index < -0.39 is 36.5 Å². The molecule has 2 heterocycles. The molecule has 3 aromatic rings. The fraction of sp³-hybridized carbons (Fsp3) is 0.0952. The minimum atomic E-state index is -4.34. The molecule has 3 aromatic carbocycles. The normalized spacial score (nSPS) is 20.9. The Balaban J connectivity index is 1.67. The number of nitrogens with one attached hydrogen (secondary N) is 2. The predicted molar refractivity (Wildman–Crippen MR) is 123 cm³/mol. The first kappa shape index (κ1) is 21.9. The minimum Gasteiger partial charge on any atom is -0.354 e. The minimum absolute atomic E-state index is 0.0177. The molecule has 2 aliphatic heterocycles. The molecule has 9 nitrogen and oxygen atoms in total. The van der Waals surface area contributed by atoms with Crippen LogP contribution in [0, 0.1) is 0 Å². The lowest BCUT2D eigenvalue weighted by Gasteiger charge is -2.36. The van der Waals surface area contributed by atoms with Crippen LogP contribution in [0.25, 0.3) is 0 Å². The first-order valence-corrected chi connectivity index (χ1v) is 13.1. The van der Waals surface area contributed by atoms with Crippen molar-refractivity contribution in [2.24, 2.45) is 5.14 Å². The summed E-state index contributed by atoms with van der Waals surface area (Å²) in [6, 6.07) is 18.1. The molecule has 12 heteroatoms. The maximum Gasteiger partial charge on any atom is 0.274 e. The number of anilines is 2. The number of hydrogen-bond acceptors (Lipinski definition) is 6. The third-order valence-corrected chi connectivity index (χ3v) is 8.46. The summed E-state index contributed by atoms with van der Waals surface area (Å²) in [6.45, 7) is 0.222. The van der Waals surface area contributed by atoms with E-state index in [1.54, 1.807) is 24.3 Å². The van der Waals surface area contributed by atoms with Gasteiger partial charge in [0, 0.05) is 5.56 Å². The highest BCUT2D eigenvalue weighted by Gasteiger charge is 2.56. The molecule has 0 unspecified atom stereocenters. The van der Waals surface area contributed by atoms with Gasteiger partial charge in [-0.3, -0.25) is 4.79 Å². The Morgan fingerprint density at radius 1 is 1.03 bits per heavy atom. The SMILES string of the molecule is NS(=O)(=O)c1cc2c(cc1Cl)N[C@]1(NS2(=O)=O)C(=O)N(Cc2ccccc2)c2ccccc21. The lowest BCUT2D eigenvalue weighted by Crippen LogP contribution is -2.60. The van der Waals surface area contributed by atoms with Gasteiger partial charge >= 0.3 is 0 Å². The molecule has 1 atom stereocenters. The molecule has 4 N–H and O–H groups in total. The summed E-state index contributed by atoms with van der Waals surface area (Å²) in [5.41, 5.74) is -0.0403. The summed E-state index contributed by atoms with van der Waals surface area (Å²) in [6.07, 6.45) is 0. The van der Waals surface area contributed by atoms with E-state index in [0.717, 1.165) is 17.7 Å². The van der Waals surface area contributed by atoms with Crippen LogP contribution < -0.4 is 20.1 Å². The van der Waals surface area contributed by atoms with Gasteiger partial charge in [0.2, 0.25) is 25.7 Å². The Morgan fingerprint density at radius 2 is 1.70 bits per heavy atom. The summed E-state index contributed by atoms with van der Waals surface area (Å²) in [4.78, 5) is 14.3. The molecule has 2 aliphatic rings. The van der Waals surface area contributed by atoms with Crippen molar-refractivity contribution in [2.45, 2.75) is 22.0 Å². The largest absolute Gasteiger partial charge is 0.354 e. The van der Waals surface area contributed by atoms with Crippen molar-refractivity contribution in [3.63, 3.8) is 0 Å². The molecule has 0 fully saturated rings. The number of amides is 1. The highest BCUT2D eigenvalue weighted by atomic mass is 35.5. The highest BCUT2D eigenvalue weighted by molar-refractivity contribution is 7.90. The van der Waals surface area contributed by atoms with Crippen LogP contribution in [0.1, 0.15) is 11.1 Å². The Morgan fingerprint density at radius 3 is 2.39 bits per heavy atom. The number of hydrogen-bond donors (Lipinski definition) is 3. The molecule has 0 radical (unpaired) electrons. The molecule has 0 bridgehead atoms. The van der Waals surface area contributed by atoms with Gasteiger partial charge in [-0.2, -0.15) is 4.72 Å². The Kier molecular flexibility index (Phi) is 4.82. The molecule has 0 aliphatic carbocycles. The van der Waals surface area contributed by atoms with E-state index in [4.69, 9.17) is 16.7 Å². The van der Waals surface area contributed by atoms with E-state index in [0.29, 0.717) is 11.3 Å². The van der Waals surface area contributed by atoms with Gasteiger partial charge in [-0.1, -0.05) is 60.1 Å². The van der Waals surface area contributed by atoms with Crippen LogP contribution in [0.2, 0.25) is 5.02 Å². The molecule has 1 amide bonds. The van der Waals surface area contributed by atoms with E-state index in [2.05, 4.69) is 10.0 Å². The predicted octanol–water partition coefficient (Wildman–Crippen LogP) is 2.09. The smallest absolute Gasteiger partial charge is 0.274 e. The number of primary sulfonamides is 1. The van der Waals surface area contributed by atoms with Gasteiger partial charge in [0.15, 0.2) is 0 Å². The molecule has 0 aromatic heterocycles. The Hall–Kier alpha value is -2.96. The third-order valence-electron chi connectivity index (χ3n) is 5.59. The molecular formula is C21H17ClN4O5S2. The number of carbonyl (C=O) groups excluding carboxylic acids is 1. The number of nitrogens with zero attached hydrogens (tertiary/aromatic N) is 1. The second-order valence-corrected chi connectivity index (χ2v) is 11.3. The van der Waals surface area contributed by atoms with Crippen LogP contribution in [0.15, 0.2) is 76.5 Å². The zero-order valence-corrected chi connectivity index (χ0v) is 19.2. The maximum atomic E-state index is 13.7. The standard InChI is InChI=1S/C21H17ClN4O5S2/c22-15-10-16-19(11-18(15)32(23,28)29)33(30,31)25-21(24-16)14-8-4-5-9-17(14)26(20(21)27)12-13-6-2-1-3-7-13/h1-11,24-25H,12H2,(H2,23,28,29)/t21-/m1/s1. The van der Waals surface area contributed by atoms with Gasteiger partial charge in [-0.25, -0.2) is 22.0 Å². The average molecular weight is 505 g/mol. The topological polar surface area (TPSA) is 139 Å². The third kappa shape index (κ3) is 3.40. The molecule has 5 rings (SSSR count). The molecule has 170 valence electrons. The quantitative estimate of drug-likeness (QED) is 0.499. The van der Waals surface area contributed by atoms with Gasteiger partial charge in [0.1, 0.15) is 9.79 Å². The van der Waals surface area contributed by atoms with Crippen LogP contribution in [0.5, 0.6) is 0 Å². The van der Waals surface area contributed by atoms with Crippen molar-refractivity contribution in [1.82, 2.24) is 4.72 Å². The van der Waals surface area contributed by atoms with Gasteiger partial charge in [-0.15, -0.1) is 0 Å². The second kappa shape index (κ2) is 7.27. The molecule has 33 heavy (non-hydrogen) atoms. The lowest BCUT2D eigenvalue weighted by molar-refractivity contribution is -0.122. The fourth-order valence-corrected chi connectivity index (χ4v) is 6.76. The van der Waals surface area contributed by atoms with Gasteiger partial charge in [0.05, 0.1) is 22.9 Å². The van der Waals surface area contributed by atoms with Crippen molar-refractivity contribution < 1.29 is 21.6 Å². The van der Waals surface area contributed by atoms with Crippen molar-refractivity contribution in [3.8, 4) is 0 Å². The lowest BCUT2D eigenvalue weighted by atomic mass is 10.0. The van der Waals surface area contributed by atoms with Gasteiger partial charge in [0.25, 0.3) is 5.91 Å². The van der Waals surface area contributed by atoms with Crippen LogP contribution in [0.3, 0.4) is 0 Å². The maximum absolute atomic E-state index is 13.7. The van der Waals surface area contributed by atoms with Crippen LogP contribution in [-0.4, -0.2) is 22.7 Å². The first-order valence-electron chi connectivity index (χ1n) is 9.67. The van der Waals surface area contributed by atoms with E-state index in [-0.39, 0.29) is 22.2 Å². The van der Waals surface area contributed by atoms with Crippen molar-refractivity contribution in [1.29, 1.82) is 0 Å². The van der Waals surface area contributed by atoms with Gasteiger partial charge in [-0.05, 0) is 23.8 Å². The van der Waals surface area contributed by atoms with Gasteiger partial charge < -0.3 is 10.2 Å². The van der Waals surface area contributed by atoms with Crippen LogP contribution in [0.4, 0.5) is 11.4 Å². The van der Waals surface area contributed by atoms with E-state index in [9.17, 15) is 21.6 Å². The zero-order valence-electron chi connectivity index (χ0n) is 16.8. The number of halogens is 1. The van der Waals surface area contributed by atoms with E-state index >= 15 is 0 Å². The van der Waals surface area contributed by atoms with E-state index in [1.807, 2.05) is 30.3 Å². The summed E-state index contributed by atoms with van der Waals surface area (Å²) >= 11 is 6.10. The van der Waals surface area contributed by atoms with E-state index in [1.165, 1.54) is 4.90 Å². The number of benzene rings is 3. The molecule has 0 saturated carbocycles. The van der Waals surface area contributed by atoms with Crippen molar-refractivity contribution in [3.05, 3.63) is 82.9 Å². The zero-order chi connectivity index (χ0) is 23.6. The fourth-order valence-electron chi connectivity index (χ4n) is 4.15. The molecule has 1 spiro atoms. The van der Waals surface area contributed by atoms with Crippen molar-refractivity contribution in [2.75, 3.05) is 10.2 Å². The Bertz CT molecular complexity index is 1530. The average Bonchev–Trinajstić information content (AvgIpc) is 2.95. The summed E-state index contributed by atoms with van der Waals surface area (Å²) in [5, 5.41) is 7.86. The number of carbonyl (C=O) groups is 1. The van der Waals surface area contributed by atoms with Crippen molar-refractivity contribution >= 4 is 48.9 Å². The number of nitrogens with two attached hydrogens (primary N) is 1. The summed E-state index contributed by atoms with van der Waals surface area (Å²) in [7, 11) is -8.62. The monoisotopic (exact) mass is 504 g/mol. The molecular weight excluding hydrogens is 488 g/mol. The second-order valence-electron chi connectivity index (χ2n) is 7.70. The number of fused-ring (bicyclic) bond motifs is 3. The number of para-hydroxylation sites is 1. The summed E-state index contributed by atoms with van der Waals surface area (Å²) in [5.74, 6) is -0.534. The van der Waals surface area contributed by atoms with Crippen LogP contribution >= 0.6 is 11.6 Å². The number of rotatable bonds is 3. The first-order chi connectivity index (χ1) is 15.5. The molecule has 0 saturated heterocycles. The summed E-state index contributed by atoms with van der Waals surface area (Å²) < 4.78 is 52.6. The van der Waals surface area contributed by atoms with Crippen LogP contribution in [-0.2, 0) is 37.0 Å².